The van der Waals surface area contributed by atoms with E-state index in [-0.39, 0.29) is 11.8 Å². The average Bonchev–Trinajstić information content (AvgIpc) is 3.23. The third-order valence-electron chi connectivity index (χ3n) is 7.48. The minimum absolute atomic E-state index is 0.0359. The van der Waals surface area contributed by atoms with Crippen LogP contribution in [-0.2, 0) is 21.6 Å². The lowest BCUT2D eigenvalue weighted by molar-refractivity contribution is -0.109. The van der Waals surface area contributed by atoms with Gasteiger partial charge in [-0.05, 0) is 86.1 Å². The van der Waals surface area contributed by atoms with Crippen molar-refractivity contribution in [3.05, 3.63) is 130 Å². The number of hydrogen-bond donors (Lipinski definition) is 0. The number of carbonyl (C=O) groups excluding carboxylic acids is 2. The van der Waals surface area contributed by atoms with Gasteiger partial charge in [0.05, 0.1) is 12.7 Å². The number of esters is 1. The van der Waals surface area contributed by atoms with Crippen LogP contribution in [-0.4, -0.2) is 18.9 Å². The van der Waals surface area contributed by atoms with Gasteiger partial charge < -0.3 is 9.47 Å². The lowest BCUT2D eigenvalue weighted by atomic mass is 9.84. The maximum absolute atomic E-state index is 13.6. The van der Waals surface area contributed by atoms with E-state index in [1.807, 2.05) is 74.5 Å². The quantitative estimate of drug-likeness (QED) is 0.133. The van der Waals surface area contributed by atoms with Crippen LogP contribution in [0.15, 0.2) is 103 Å². The number of ether oxygens (including phenoxy) is 2. The maximum atomic E-state index is 13.6. The number of ketones is 1. The molecule has 0 bridgehead atoms. The van der Waals surface area contributed by atoms with Crippen molar-refractivity contribution in [2.45, 2.75) is 58.5 Å². The fourth-order valence-electron chi connectivity index (χ4n) is 5.45. The molecule has 4 nitrogen and oxygen atoms in total. The number of rotatable bonds is 12. The van der Waals surface area contributed by atoms with Gasteiger partial charge in [-0.3, -0.25) is 4.79 Å². The third-order valence-corrected chi connectivity index (χ3v) is 7.48. The highest BCUT2D eigenvalue weighted by atomic mass is 16.6. The summed E-state index contributed by atoms with van der Waals surface area (Å²) in [5.74, 6) is 0.368. The molecule has 0 N–H and O–H groups in total. The molecule has 4 heteroatoms. The van der Waals surface area contributed by atoms with Crippen molar-refractivity contribution in [1.29, 1.82) is 0 Å². The Labute approximate surface area is 238 Å². The normalized spacial score (nSPS) is 17.1. The van der Waals surface area contributed by atoms with E-state index in [0.717, 1.165) is 35.1 Å². The molecule has 1 heterocycles. The van der Waals surface area contributed by atoms with Crippen LogP contribution in [0.25, 0.3) is 5.57 Å². The van der Waals surface area contributed by atoms with Gasteiger partial charge in [0, 0.05) is 11.1 Å². The topological polar surface area (TPSA) is 52.6 Å². The molecule has 0 amide bonds. The molecule has 0 aliphatic carbocycles. The van der Waals surface area contributed by atoms with Crippen LogP contribution in [0.3, 0.4) is 0 Å². The monoisotopic (exact) mass is 534 g/mol. The number of carbonyl (C=O) groups is 2. The minimum Gasteiger partial charge on any atom is -0.497 e. The Hall–Kier alpha value is -4.18. The van der Waals surface area contributed by atoms with Crippen molar-refractivity contribution >= 4 is 17.3 Å². The molecule has 0 aromatic heterocycles. The number of benzene rings is 3. The molecule has 206 valence electrons. The van der Waals surface area contributed by atoms with Gasteiger partial charge in [0.25, 0.3) is 0 Å². The Balaban J connectivity index is 1.55. The highest BCUT2D eigenvalue weighted by Crippen LogP contribution is 2.45. The SMILES string of the molecule is CCCC1(CC/C=C\C(=O)/C(=C(C)/C=C\Cc2ccccc2)c2ccccc2C)OC(=O)c2ccc(OC)cc21. The molecule has 1 aliphatic heterocycles. The Morgan fingerprint density at radius 1 is 0.950 bits per heavy atom. The summed E-state index contributed by atoms with van der Waals surface area (Å²) in [5, 5.41) is 0. The summed E-state index contributed by atoms with van der Waals surface area (Å²) in [4.78, 5) is 26.3. The van der Waals surface area contributed by atoms with Gasteiger partial charge in [-0.15, -0.1) is 0 Å². The molecule has 1 unspecified atom stereocenters. The molecule has 0 fully saturated rings. The van der Waals surface area contributed by atoms with E-state index in [1.165, 1.54) is 5.56 Å². The molecule has 0 saturated carbocycles. The van der Waals surface area contributed by atoms with Crippen molar-refractivity contribution in [1.82, 2.24) is 0 Å². The van der Waals surface area contributed by atoms with Crippen LogP contribution in [0.1, 0.15) is 72.1 Å². The van der Waals surface area contributed by atoms with E-state index >= 15 is 0 Å². The first kappa shape index (κ1) is 28.8. The molecule has 1 atom stereocenters. The Morgan fingerprint density at radius 3 is 2.42 bits per heavy atom. The lowest BCUT2D eigenvalue weighted by Gasteiger charge is -2.28. The van der Waals surface area contributed by atoms with Gasteiger partial charge in [0.1, 0.15) is 11.4 Å². The summed E-state index contributed by atoms with van der Waals surface area (Å²) in [6.07, 6.45) is 11.3. The van der Waals surface area contributed by atoms with Crippen molar-refractivity contribution in [3.8, 4) is 5.75 Å². The van der Waals surface area contributed by atoms with Gasteiger partial charge in [0.2, 0.25) is 0 Å². The summed E-state index contributed by atoms with van der Waals surface area (Å²) < 4.78 is 11.4. The summed E-state index contributed by atoms with van der Waals surface area (Å²) in [6, 6.07) is 23.7. The average molecular weight is 535 g/mol. The first-order chi connectivity index (χ1) is 19.4. The van der Waals surface area contributed by atoms with Crippen molar-refractivity contribution < 1.29 is 19.1 Å². The van der Waals surface area contributed by atoms with E-state index < -0.39 is 5.60 Å². The first-order valence-corrected chi connectivity index (χ1v) is 14.0. The first-order valence-electron chi connectivity index (χ1n) is 14.0. The van der Waals surface area contributed by atoms with E-state index in [1.54, 1.807) is 25.3 Å². The zero-order valence-corrected chi connectivity index (χ0v) is 23.9. The van der Waals surface area contributed by atoms with Crippen LogP contribution in [0.4, 0.5) is 0 Å². The van der Waals surface area contributed by atoms with Crippen LogP contribution < -0.4 is 4.74 Å². The van der Waals surface area contributed by atoms with Crippen LogP contribution in [0, 0.1) is 6.92 Å². The van der Waals surface area contributed by atoms with E-state index in [9.17, 15) is 9.59 Å². The largest absolute Gasteiger partial charge is 0.497 e. The third kappa shape index (κ3) is 6.51. The predicted molar refractivity (Wildman–Crippen MR) is 161 cm³/mol. The summed E-state index contributed by atoms with van der Waals surface area (Å²) in [5.41, 5.74) is 5.59. The number of allylic oxidation sites excluding steroid dienone is 6. The highest BCUT2D eigenvalue weighted by Gasteiger charge is 2.44. The molecule has 3 aromatic rings. The van der Waals surface area contributed by atoms with Crippen LogP contribution in [0.2, 0.25) is 0 Å². The standard InChI is InChI=1S/C36H38O4/c1-5-23-36(32-25-29(39-4)21-22-31(32)35(38)40-36)24-12-11-20-33(37)34(30-19-10-9-14-26(30)2)27(3)15-13-18-28-16-7-6-8-17-28/h6-11,13-17,19-22,25H,5,12,18,23-24H2,1-4H3/b15-13-,20-11-,34-27+. The van der Waals surface area contributed by atoms with Gasteiger partial charge in [0.15, 0.2) is 5.78 Å². The molecule has 4 rings (SSSR count). The van der Waals surface area contributed by atoms with E-state index in [4.69, 9.17) is 9.47 Å². The van der Waals surface area contributed by atoms with E-state index in [2.05, 4.69) is 25.1 Å². The number of fused-ring (bicyclic) bond motifs is 1. The second kappa shape index (κ2) is 13.3. The predicted octanol–water partition coefficient (Wildman–Crippen LogP) is 8.35. The summed E-state index contributed by atoms with van der Waals surface area (Å²) in [6.45, 7) is 6.11. The molecule has 3 aromatic carbocycles. The van der Waals surface area contributed by atoms with E-state index in [0.29, 0.717) is 36.1 Å². The number of cyclic esters (lactones) is 1. The summed E-state index contributed by atoms with van der Waals surface area (Å²) >= 11 is 0. The molecule has 0 radical (unpaired) electrons. The zero-order valence-electron chi connectivity index (χ0n) is 23.9. The van der Waals surface area contributed by atoms with Gasteiger partial charge in [-0.1, -0.05) is 86.2 Å². The van der Waals surface area contributed by atoms with Crippen LogP contribution in [0.5, 0.6) is 5.75 Å². The second-order valence-corrected chi connectivity index (χ2v) is 10.3. The van der Waals surface area contributed by atoms with Crippen LogP contribution >= 0.6 is 0 Å². The molecule has 1 aliphatic rings. The molecule has 0 spiro atoms. The number of aryl methyl sites for hydroxylation is 1. The van der Waals surface area contributed by atoms with Gasteiger partial charge >= 0.3 is 5.97 Å². The van der Waals surface area contributed by atoms with Crippen molar-refractivity contribution in [3.63, 3.8) is 0 Å². The fraction of sp³-hybridized carbons (Fsp3) is 0.278. The smallest absolute Gasteiger partial charge is 0.339 e. The minimum atomic E-state index is -0.714. The zero-order chi connectivity index (χ0) is 28.5. The van der Waals surface area contributed by atoms with Crippen molar-refractivity contribution in [2.75, 3.05) is 7.11 Å². The van der Waals surface area contributed by atoms with Gasteiger partial charge in [-0.2, -0.15) is 0 Å². The maximum Gasteiger partial charge on any atom is 0.339 e. The Morgan fingerprint density at radius 2 is 1.70 bits per heavy atom. The number of methoxy groups -OCH3 is 1. The Bertz CT molecular complexity index is 1440. The summed E-state index contributed by atoms with van der Waals surface area (Å²) in [7, 11) is 1.62. The molecular formula is C36H38O4. The number of hydrogen-bond acceptors (Lipinski definition) is 4. The molecular weight excluding hydrogens is 496 g/mol. The fourth-order valence-corrected chi connectivity index (χ4v) is 5.45. The molecule has 40 heavy (non-hydrogen) atoms. The van der Waals surface area contributed by atoms with Crippen molar-refractivity contribution in [2.24, 2.45) is 0 Å². The Kier molecular flexibility index (Phi) is 9.55. The van der Waals surface area contributed by atoms with Gasteiger partial charge in [-0.25, -0.2) is 4.79 Å². The lowest BCUT2D eigenvalue weighted by Crippen LogP contribution is -2.26. The second-order valence-electron chi connectivity index (χ2n) is 10.3. The molecule has 0 saturated heterocycles. The highest BCUT2D eigenvalue weighted by molar-refractivity contribution is 6.27.